The molecule has 20 heavy (non-hydrogen) atoms. The van der Waals surface area contributed by atoms with Crippen molar-refractivity contribution < 1.29 is 22.0 Å². The average molecular weight is 307 g/mol. The Morgan fingerprint density at radius 1 is 1.30 bits per heavy atom. The van der Waals surface area contributed by atoms with Gasteiger partial charge in [-0.3, -0.25) is 4.79 Å². The molecule has 0 bridgehead atoms. The van der Waals surface area contributed by atoms with E-state index in [-0.39, 0.29) is 11.7 Å². The molecule has 0 spiro atoms. The number of carbonyl (C=O) groups excluding carboxylic acids is 1. The number of carbonyl (C=O) groups is 1. The fourth-order valence-corrected chi connectivity index (χ4v) is 2.54. The number of amides is 1. The predicted octanol–water partition coefficient (Wildman–Crippen LogP) is 0.350. The largest absolute Gasteiger partial charge is 0.399 e. The van der Waals surface area contributed by atoms with E-state index < -0.39 is 39.0 Å². The Morgan fingerprint density at radius 3 is 2.25 bits per heavy atom. The fourth-order valence-electron chi connectivity index (χ4n) is 1.44. The molecule has 0 aliphatic carbocycles. The van der Waals surface area contributed by atoms with Gasteiger partial charge in [0.25, 0.3) is 0 Å². The van der Waals surface area contributed by atoms with Gasteiger partial charge in [0, 0.05) is 11.7 Å². The first-order valence-electron chi connectivity index (χ1n) is 5.67. The maximum Gasteiger partial charge on any atom is 0.246 e. The predicted molar refractivity (Wildman–Crippen MR) is 69.2 cm³/mol. The summed E-state index contributed by atoms with van der Waals surface area (Å²) >= 11 is 0. The van der Waals surface area contributed by atoms with Gasteiger partial charge in [-0.05, 0) is 26.0 Å². The van der Waals surface area contributed by atoms with E-state index in [9.17, 15) is 22.0 Å². The van der Waals surface area contributed by atoms with E-state index in [0.29, 0.717) is 12.1 Å². The zero-order valence-corrected chi connectivity index (χ0v) is 11.7. The van der Waals surface area contributed by atoms with Crippen LogP contribution in [0.1, 0.15) is 13.8 Å². The Bertz CT molecular complexity index is 594. The van der Waals surface area contributed by atoms with E-state index >= 15 is 0 Å². The van der Waals surface area contributed by atoms with Crippen molar-refractivity contribution in [2.45, 2.75) is 24.8 Å². The first-order valence-corrected chi connectivity index (χ1v) is 7.15. The zero-order valence-electron chi connectivity index (χ0n) is 10.9. The third-order valence-corrected chi connectivity index (χ3v) is 3.61. The van der Waals surface area contributed by atoms with Gasteiger partial charge < -0.3 is 11.1 Å². The van der Waals surface area contributed by atoms with Crippen LogP contribution in [-0.4, -0.2) is 26.9 Å². The number of halogens is 2. The van der Waals surface area contributed by atoms with Crippen molar-refractivity contribution >= 4 is 21.6 Å². The molecule has 0 saturated carbocycles. The number of benzene rings is 1. The van der Waals surface area contributed by atoms with Crippen LogP contribution in [0.15, 0.2) is 17.0 Å². The van der Waals surface area contributed by atoms with Crippen LogP contribution in [0.5, 0.6) is 0 Å². The van der Waals surface area contributed by atoms with Crippen LogP contribution in [-0.2, 0) is 14.8 Å². The summed E-state index contributed by atoms with van der Waals surface area (Å²) in [5, 5.41) is 2.43. The Kier molecular flexibility index (Phi) is 5.01. The number of hydrogen-bond acceptors (Lipinski definition) is 4. The molecule has 0 unspecified atom stereocenters. The molecule has 0 aliphatic rings. The summed E-state index contributed by atoms with van der Waals surface area (Å²) in [4.78, 5) is 10.1. The minimum atomic E-state index is -4.49. The van der Waals surface area contributed by atoms with E-state index in [1.807, 2.05) is 4.72 Å². The highest BCUT2D eigenvalue weighted by Crippen LogP contribution is 2.21. The summed E-state index contributed by atoms with van der Waals surface area (Å²) in [7, 11) is -4.49. The van der Waals surface area contributed by atoms with Crippen LogP contribution in [0.3, 0.4) is 0 Å². The summed E-state index contributed by atoms with van der Waals surface area (Å²) in [5.74, 6) is -3.25. The number of anilines is 1. The van der Waals surface area contributed by atoms with Crippen molar-refractivity contribution in [1.82, 2.24) is 10.0 Å². The smallest absolute Gasteiger partial charge is 0.246 e. The molecule has 1 amide bonds. The minimum Gasteiger partial charge on any atom is -0.399 e. The van der Waals surface area contributed by atoms with Crippen LogP contribution in [0.4, 0.5) is 14.5 Å². The van der Waals surface area contributed by atoms with Crippen molar-refractivity contribution in [3.8, 4) is 0 Å². The van der Waals surface area contributed by atoms with Crippen LogP contribution in [0.2, 0.25) is 0 Å². The van der Waals surface area contributed by atoms with E-state index in [1.54, 1.807) is 13.8 Å². The Hall–Kier alpha value is -1.74. The molecule has 6 nitrogen and oxygen atoms in total. The number of nitrogen functional groups attached to an aromatic ring is 1. The maximum absolute atomic E-state index is 13.5. The Morgan fingerprint density at radius 2 is 1.80 bits per heavy atom. The van der Waals surface area contributed by atoms with Gasteiger partial charge in [-0.25, -0.2) is 21.9 Å². The Balaban J connectivity index is 2.93. The van der Waals surface area contributed by atoms with Crippen molar-refractivity contribution in [3.05, 3.63) is 23.8 Å². The lowest BCUT2D eigenvalue weighted by molar-refractivity contribution is -0.120. The van der Waals surface area contributed by atoms with E-state index in [0.717, 1.165) is 0 Å². The molecule has 0 saturated heterocycles. The van der Waals surface area contributed by atoms with Gasteiger partial charge in [0.2, 0.25) is 15.9 Å². The Labute approximate surface area is 115 Å². The third kappa shape index (κ3) is 4.14. The normalized spacial score (nSPS) is 11.7. The molecule has 1 aromatic rings. The number of nitrogens with two attached hydrogens (primary N) is 1. The van der Waals surface area contributed by atoms with Crippen molar-refractivity contribution in [2.75, 3.05) is 12.3 Å². The first-order chi connectivity index (χ1) is 9.13. The zero-order chi connectivity index (χ0) is 15.5. The SMILES string of the molecule is CC(C)NC(=O)CNS(=O)(=O)c1c(F)cc(N)cc1F. The highest BCUT2D eigenvalue weighted by atomic mass is 32.2. The van der Waals surface area contributed by atoms with Crippen LogP contribution < -0.4 is 15.8 Å². The second-order valence-corrected chi connectivity index (χ2v) is 6.06. The molecule has 4 N–H and O–H groups in total. The summed E-state index contributed by atoms with van der Waals surface area (Å²) < 4.78 is 52.4. The molecule has 112 valence electrons. The topological polar surface area (TPSA) is 101 Å². The lowest BCUT2D eigenvalue weighted by Crippen LogP contribution is -2.40. The molecule has 0 aliphatic heterocycles. The van der Waals surface area contributed by atoms with Crippen molar-refractivity contribution in [1.29, 1.82) is 0 Å². The number of nitrogens with one attached hydrogen (secondary N) is 2. The molecule has 1 rings (SSSR count). The lowest BCUT2D eigenvalue weighted by atomic mass is 10.3. The number of rotatable bonds is 5. The highest BCUT2D eigenvalue weighted by Gasteiger charge is 2.25. The van der Waals surface area contributed by atoms with Crippen molar-refractivity contribution in [3.63, 3.8) is 0 Å². The molecule has 1 aromatic carbocycles. The van der Waals surface area contributed by atoms with Crippen LogP contribution in [0.25, 0.3) is 0 Å². The average Bonchev–Trinajstić information content (AvgIpc) is 2.23. The van der Waals surface area contributed by atoms with Crippen molar-refractivity contribution in [2.24, 2.45) is 0 Å². The van der Waals surface area contributed by atoms with Gasteiger partial charge in [0.05, 0.1) is 6.54 Å². The minimum absolute atomic E-state index is 0.183. The standard InChI is InChI=1S/C11H15F2N3O3S/c1-6(2)16-10(17)5-15-20(18,19)11-8(12)3-7(14)4-9(11)13/h3-4,6,15H,5,14H2,1-2H3,(H,16,17). The van der Waals surface area contributed by atoms with Gasteiger partial charge in [-0.2, -0.15) is 0 Å². The van der Waals surface area contributed by atoms with Gasteiger partial charge >= 0.3 is 0 Å². The number of hydrogen-bond donors (Lipinski definition) is 3. The van der Waals surface area contributed by atoms with Gasteiger partial charge in [-0.1, -0.05) is 0 Å². The molecule has 0 heterocycles. The quantitative estimate of drug-likeness (QED) is 0.683. The third-order valence-electron chi connectivity index (χ3n) is 2.16. The molecule has 0 atom stereocenters. The molecule has 0 aromatic heterocycles. The first kappa shape index (κ1) is 16.3. The fraction of sp³-hybridized carbons (Fsp3) is 0.364. The van der Waals surface area contributed by atoms with E-state index in [4.69, 9.17) is 5.73 Å². The van der Waals surface area contributed by atoms with Crippen LogP contribution in [0, 0.1) is 11.6 Å². The van der Waals surface area contributed by atoms with Gasteiger partial charge in [0.1, 0.15) is 11.6 Å². The molecular weight excluding hydrogens is 292 g/mol. The maximum atomic E-state index is 13.5. The van der Waals surface area contributed by atoms with Gasteiger partial charge in [0.15, 0.2) is 4.90 Å². The molecular formula is C11H15F2N3O3S. The monoisotopic (exact) mass is 307 g/mol. The molecule has 9 heteroatoms. The second-order valence-electron chi connectivity index (χ2n) is 4.36. The number of sulfonamides is 1. The summed E-state index contributed by atoms with van der Waals surface area (Å²) in [6, 6.07) is 1.19. The summed E-state index contributed by atoms with van der Waals surface area (Å²) in [6.45, 7) is 2.75. The second kappa shape index (κ2) is 6.14. The van der Waals surface area contributed by atoms with E-state index in [1.165, 1.54) is 0 Å². The summed E-state index contributed by atoms with van der Waals surface area (Å²) in [5.41, 5.74) is 4.95. The lowest BCUT2D eigenvalue weighted by Gasteiger charge is -2.11. The van der Waals surface area contributed by atoms with E-state index in [2.05, 4.69) is 5.32 Å². The van der Waals surface area contributed by atoms with Crippen LogP contribution >= 0.6 is 0 Å². The molecule has 0 fully saturated rings. The summed E-state index contributed by atoms with van der Waals surface area (Å²) in [6.07, 6.45) is 0. The molecule has 0 radical (unpaired) electrons. The highest BCUT2D eigenvalue weighted by molar-refractivity contribution is 7.89. The van der Waals surface area contributed by atoms with Gasteiger partial charge in [-0.15, -0.1) is 0 Å².